The van der Waals surface area contributed by atoms with Crippen LogP contribution in [-0.4, -0.2) is 16.7 Å². The van der Waals surface area contributed by atoms with Gasteiger partial charge in [-0.2, -0.15) is 0 Å². The molecular formula is C19H19Cl2N3O2. The lowest BCUT2D eigenvalue weighted by Crippen LogP contribution is -2.25. The molecular weight excluding hydrogens is 373 g/mol. The van der Waals surface area contributed by atoms with Crippen LogP contribution in [-0.2, 0) is 9.59 Å². The fourth-order valence-corrected chi connectivity index (χ4v) is 2.32. The monoisotopic (exact) mass is 391 g/mol. The summed E-state index contributed by atoms with van der Waals surface area (Å²) in [5, 5.41) is 6.35. The van der Waals surface area contributed by atoms with E-state index in [0.29, 0.717) is 21.6 Å². The quantitative estimate of drug-likeness (QED) is 0.708. The number of hydrogen-bond acceptors (Lipinski definition) is 4. The van der Waals surface area contributed by atoms with Crippen molar-refractivity contribution in [2.45, 2.75) is 20.8 Å². The fraction of sp³-hybridized carbons (Fsp3) is 0.211. The molecule has 7 heteroatoms. The number of pyridine rings is 1. The van der Waals surface area contributed by atoms with E-state index >= 15 is 0 Å². The Balaban J connectivity index is 2.33. The van der Waals surface area contributed by atoms with Crippen molar-refractivity contribution in [1.82, 2.24) is 4.98 Å². The van der Waals surface area contributed by atoms with Gasteiger partial charge in [0.1, 0.15) is 11.5 Å². The summed E-state index contributed by atoms with van der Waals surface area (Å²) in [5.41, 5.74) is -0.123. The van der Waals surface area contributed by atoms with Gasteiger partial charge in [0.15, 0.2) is 5.78 Å². The Bertz CT molecular complexity index is 844. The van der Waals surface area contributed by atoms with E-state index in [-0.39, 0.29) is 11.5 Å². The first-order valence-electron chi connectivity index (χ1n) is 7.87. The molecule has 5 nitrogen and oxygen atoms in total. The first kappa shape index (κ1) is 19.9. The number of halogens is 2. The van der Waals surface area contributed by atoms with E-state index in [4.69, 9.17) is 23.2 Å². The molecule has 0 unspecified atom stereocenters. The molecule has 1 amide bonds. The molecule has 136 valence electrons. The molecule has 2 rings (SSSR count). The van der Waals surface area contributed by atoms with Crippen LogP contribution in [0, 0.1) is 5.41 Å². The van der Waals surface area contributed by atoms with Crippen LogP contribution in [0.5, 0.6) is 0 Å². The van der Waals surface area contributed by atoms with Gasteiger partial charge in [0.2, 0.25) is 0 Å². The molecule has 0 aliphatic carbocycles. The van der Waals surface area contributed by atoms with E-state index in [1.54, 1.807) is 63.4 Å². The van der Waals surface area contributed by atoms with E-state index in [2.05, 4.69) is 15.6 Å². The lowest BCUT2D eigenvalue weighted by molar-refractivity contribution is -0.122. The van der Waals surface area contributed by atoms with Gasteiger partial charge in [-0.3, -0.25) is 9.59 Å². The van der Waals surface area contributed by atoms with E-state index in [0.717, 1.165) is 0 Å². The second kappa shape index (κ2) is 8.34. The molecule has 0 aliphatic heterocycles. The van der Waals surface area contributed by atoms with Gasteiger partial charge < -0.3 is 10.6 Å². The molecule has 0 saturated heterocycles. The van der Waals surface area contributed by atoms with Crippen LogP contribution in [0.4, 0.5) is 11.5 Å². The number of nitrogens with one attached hydrogen (secondary N) is 2. The van der Waals surface area contributed by atoms with E-state index < -0.39 is 11.3 Å². The van der Waals surface area contributed by atoms with Crippen molar-refractivity contribution in [2.75, 3.05) is 10.6 Å². The second-order valence-corrected chi connectivity index (χ2v) is 7.43. The molecule has 0 spiro atoms. The Morgan fingerprint density at radius 1 is 1.08 bits per heavy atom. The Hall–Kier alpha value is -2.37. The highest BCUT2D eigenvalue weighted by Crippen LogP contribution is 2.27. The second-order valence-electron chi connectivity index (χ2n) is 6.59. The number of carbonyl (C=O) groups is 2. The van der Waals surface area contributed by atoms with E-state index in [9.17, 15) is 9.59 Å². The first-order chi connectivity index (χ1) is 12.2. The first-order valence-corrected chi connectivity index (χ1v) is 8.63. The van der Waals surface area contributed by atoms with Crippen LogP contribution in [0.1, 0.15) is 20.8 Å². The van der Waals surface area contributed by atoms with Crippen LogP contribution in [0.25, 0.3) is 0 Å². The number of ketones is 1. The summed E-state index contributed by atoms with van der Waals surface area (Å²) in [4.78, 5) is 29.1. The zero-order chi connectivity index (χ0) is 19.3. The number of anilines is 2. The molecule has 0 bridgehead atoms. The third-order valence-electron chi connectivity index (χ3n) is 3.37. The van der Waals surface area contributed by atoms with Gasteiger partial charge in [0.25, 0.3) is 5.91 Å². The van der Waals surface area contributed by atoms with Gasteiger partial charge in [-0.1, -0.05) is 50.0 Å². The van der Waals surface area contributed by atoms with Gasteiger partial charge in [-0.15, -0.1) is 0 Å². The maximum Gasteiger partial charge on any atom is 0.273 e. The number of carbonyl (C=O) groups excluding carboxylic acids is 2. The van der Waals surface area contributed by atoms with Crippen molar-refractivity contribution in [3.05, 3.63) is 64.4 Å². The number of allylic oxidation sites excluding steroid dienone is 1. The van der Waals surface area contributed by atoms with Crippen molar-refractivity contribution in [2.24, 2.45) is 5.41 Å². The van der Waals surface area contributed by atoms with Crippen molar-refractivity contribution < 1.29 is 9.59 Å². The highest BCUT2D eigenvalue weighted by atomic mass is 35.5. The molecule has 0 radical (unpaired) electrons. The fourth-order valence-electron chi connectivity index (χ4n) is 1.86. The van der Waals surface area contributed by atoms with Crippen LogP contribution in [0.15, 0.2) is 54.4 Å². The lowest BCUT2D eigenvalue weighted by Gasteiger charge is -2.17. The Morgan fingerprint density at radius 2 is 1.81 bits per heavy atom. The minimum absolute atomic E-state index is 0.0554. The van der Waals surface area contributed by atoms with E-state index in [1.165, 1.54) is 6.08 Å². The zero-order valence-electron chi connectivity index (χ0n) is 14.6. The highest BCUT2D eigenvalue weighted by Gasteiger charge is 2.22. The van der Waals surface area contributed by atoms with Gasteiger partial charge in [-0.05, 0) is 30.3 Å². The van der Waals surface area contributed by atoms with Crippen LogP contribution in [0.2, 0.25) is 10.0 Å². The number of amides is 1. The summed E-state index contributed by atoms with van der Waals surface area (Å²) >= 11 is 12.1. The molecule has 0 saturated carbocycles. The van der Waals surface area contributed by atoms with Gasteiger partial charge in [-0.25, -0.2) is 4.98 Å². The predicted octanol–water partition coefficient (Wildman–Crippen LogP) is 4.94. The van der Waals surface area contributed by atoms with Gasteiger partial charge in [0.05, 0.1) is 10.7 Å². The zero-order valence-corrected chi connectivity index (χ0v) is 16.2. The predicted molar refractivity (Wildman–Crippen MR) is 105 cm³/mol. The van der Waals surface area contributed by atoms with Crippen LogP contribution < -0.4 is 10.6 Å². The summed E-state index contributed by atoms with van der Waals surface area (Å²) in [6, 6.07) is 9.95. The molecule has 0 fully saturated rings. The topological polar surface area (TPSA) is 71.1 Å². The van der Waals surface area contributed by atoms with Crippen molar-refractivity contribution in [3.63, 3.8) is 0 Å². The summed E-state index contributed by atoms with van der Waals surface area (Å²) in [6.45, 7) is 5.32. The van der Waals surface area contributed by atoms with Gasteiger partial charge in [0, 0.05) is 22.7 Å². The van der Waals surface area contributed by atoms with Crippen LogP contribution in [0.3, 0.4) is 0 Å². The summed E-state index contributed by atoms with van der Waals surface area (Å²) in [7, 11) is 0. The number of nitrogens with zero attached hydrogens (tertiary/aromatic N) is 1. The molecule has 1 aromatic carbocycles. The SMILES string of the molecule is CC(C)(C)C(=O)C=C(Nc1ccc(Cl)cc1Cl)C(=O)Nc1ccccn1. The molecule has 0 atom stereocenters. The van der Waals surface area contributed by atoms with Crippen molar-refractivity contribution in [3.8, 4) is 0 Å². The largest absolute Gasteiger partial charge is 0.350 e. The lowest BCUT2D eigenvalue weighted by atomic mass is 9.90. The van der Waals surface area contributed by atoms with Gasteiger partial charge >= 0.3 is 0 Å². The normalized spacial score (nSPS) is 11.8. The highest BCUT2D eigenvalue weighted by molar-refractivity contribution is 6.36. The maximum atomic E-state index is 12.7. The Morgan fingerprint density at radius 3 is 2.38 bits per heavy atom. The summed E-state index contributed by atoms with van der Waals surface area (Å²) in [5.74, 6) is -0.343. The smallest absolute Gasteiger partial charge is 0.273 e. The van der Waals surface area contributed by atoms with Crippen molar-refractivity contribution >= 4 is 46.4 Å². The number of aromatic nitrogens is 1. The molecule has 26 heavy (non-hydrogen) atoms. The third-order valence-corrected chi connectivity index (χ3v) is 3.91. The number of hydrogen-bond donors (Lipinski definition) is 2. The Kier molecular flexibility index (Phi) is 6.40. The van der Waals surface area contributed by atoms with E-state index in [1.807, 2.05) is 0 Å². The molecule has 2 N–H and O–H groups in total. The minimum atomic E-state index is -0.637. The standard InChI is InChI=1S/C19H19Cl2N3O2/c1-19(2,3)16(25)11-15(18(26)24-17-6-4-5-9-22-17)23-14-8-7-12(20)10-13(14)21/h4-11,23H,1-3H3,(H,22,24,26). The number of benzene rings is 1. The minimum Gasteiger partial charge on any atom is -0.350 e. The average Bonchev–Trinajstić information content (AvgIpc) is 2.56. The van der Waals surface area contributed by atoms with Crippen LogP contribution >= 0.6 is 23.2 Å². The average molecular weight is 392 g/mol. The Labute approximate surface area is 162 Å². The molecule has 1 aromatic heterocycles. The molecule has 2 aromatic rings. The summed E-state index contributed by atoms with van der Waals surface area (Å²) in [6.07, 6.45) is 2.83. The summed E-state index contributed by atoms with van der Waals surface area (Å²) < 4.78 is 0. The van der Waals surface area contributed by atoms with Crippen molar-refractivity contribution in [1.29, 1.82) is 0 Å². The maximum absolute atomic E-state index is 12.7. The third kappa shape index (κ3) is 5.58. The molecule has 0 aliphatic rings. The number of rotatable bonds is 5. The molecule has 1 heterocycles.